The van der Waals surface area contributed by atoms with Crippen LogP contribution in [0.25, 0.3) is 0 Å². The van der Waals surface area contributed by atoms with Crippen molar-refractivity contribution >= 4 is 18.0 Å². The molecule has 0 bridgehead atoms. The molecule has 0 aromatic rings. The molecule has 8 nitrogen and oxygen atoms in total. The summed E-state index contributed by atoms with van der Waals surface area (Å²) in [4.78, 5) is 34.9. The van der Waals surface area contributed by atoms with Gasteiger partial charge in [0.05, 0.1) is 6.61 Å². The van der Waals surface area contributed by atoms with Gasteiger partial charge in [0, 0.05) is 0 Å². The van der Waals surface area contributed by atoms with Crippen molar-refractivity contribution in [3.63, 3.8) is 0 Å². The number of hydrogen-bond acceptors (Lipinski definition) is 4. The molecule has 4 amide bonds. The molecule has 2 aliphatic heterocycles. The minimum atomic E-state index is -0.538. The molecule has 8 heteroatoms. The second-order valence-electron chi connectivity index (χ2n) is 3.42. The van der Waals surface area contributed by atoms with Crippen molar-refractivity contribution in [3.05, 3.63) is 0 Å². The molecule has 0 spiro atoms. The molecule has 88 valence electrons. The Balaban J connectivity index is 2.00. The van der Waals surface area contributed by atoms with E-state index in [1.54, 1.807) is 6.92 Å². The summed E-state index contributed by atoms with van der Waals surface area (Å²) in [5.41, 5.74) is 0. The van der Waals surface area contributed by atoms with Crippen LogP contribution in [0.5, 0.6) is 0 Å². The molecule has 2 aliphatic rings. The molecule has 2 saturated heterocycles. The number of fused-ring (bicyclic) bond motifs is 1. The highest BCUT2D eigenvalue weighted by molar-refractivity contribution is 5.87. The molecule has 2 atom stereocenters. The summed E-state index contributed by atoms with van der Waals surface area (Å²) in [6.07, 6.45) is -1.03. The highest BCUT2D eigenvalue weighted by Gasteiger charge is 2.46. The van der Waals surface area contributed by atoms with E-state index >= 15 is 0 Å². The molecule has 0 radical (unpaired) electrons. The fourth-order valence-electron chi connectivity index (χ4n) is 1.71. The van der Waals surface area contributed by atoms with Gasteiger partial charge in [-0.3, -0.25) is 9.69 Å². The van der Waals surface area contributed by atoms with E-state index in [1.807, 2.05) is 0 Å². The van der Waals surface area contributed by atoms with Crippen molar-refractivity contribution < 1.29 is 19.1 Å². The predicted octanol–water partition coefficient (Wildman–Crippen LogP) is -1.46. The Hall–Kier alpha value is -1.99. The van der Waals surface area contributed by atoms with Crippen molar-refractivity contribution in [2.75, 3.05) is 13.2 Å². The fraction of sp³-hybridized carbons (Fsp3) is 0.625. The number of rotatable bonds is 3. The first-order valence-corrected chi connectivity index (χ1v) is 4.91. The first kappa shape index (κ1) is 10.5. The summed E-state index contributed by atoms with van der Waals surface area (Å²) in [5.74, 6) is -0.501. The number of ether oxygens (including phenoxy) is 1. The molecule has 0 aromatic heterocycles. The summed E-state index contributed by atoms with van der Waals surface area (Å²) >= 11 is 0. The van der Waals surface area contributed by atoms with Gasteiger partial charge in [-0.25, -0.2) is 9.59 Å². The molecule has 16 heavy (non-hydrogen) atoms. The van der Waals surface area contributed by atoms with E-state index in [1.165, 1.54) is 4.90 Å². The molecule has 2 heterocycles. The molecule has 0 saturated carbocycles. The molecular formula is C8H12N4O4. The van der Waals surface area contributed by atoms with Crippen molar-refractivity contribution in [1.82, 2.24) is 20.9 Å². The zero-order valence-corrected chi connectivity index (χ0v) is 8.65. The highest BCUT2D eigenvalue weighted by atomic mass is 16.5. The lowest BCUT2D eigenvalue weighted by atomic mass is 10.4. The van der Waals surface area contributed by atoms with Gasteiger partial charge in [0.1, 0.15) is 18.9 Å². The van der Waals surface area contributed by atoms with Gasteiger partial charge in [-0.15, -0.1) is 0 Å². The quantitative estimate of drug-likeness (QED) is 0.514. The number of carbonyl (C=O) groups is 3. The molecule has 0 aliphatic carbocycles. The first-order chi connectivity index (χ1) is 7.61. The van der Waals surface area contributed by atoms with Crippen LogP contribution >= 0.6 is 0 Å². The zero-order valence-electron chi connectivity index (χ0n) is 8.65. The average Bonchev–Trinajstić information content (AvgIpc) is 2.66. The Morgan fingerprint density at radius 1 is 1.38 bits per heavy atom. The third-order valence-electron chi connectivity index (χ3n) is 2.36. The third-order valence-corrected chi connectivity index (χ3v) is 2.36. The van der Waals surface area contributed by atoms with Gasteiger partial charge in [-0.05, 0) is 6.92 Å². The number of urea groups is 2. The van der Waals surface area contributed by atoms with Gasteiger partial charge in [0.2, 0.25) is 0 Å². The van der Waals surface area contributed by atoms with Gasteiger partial charge in [-0.1, -0.05) is 0 Å². The van der Waals surface area contributed by atoms with E-state index in [0.717, 1.165) is 0 Å². The number of nitrogens with zero attached hydrogens (tertiary/aromatic N) is 1. The van der Waals surface area contributed by atoms with Crippen LogP contribution in [0, 0.1) is 0 Å². The van der Waals surface area contributed by atoms with E-state index < -0.39 is 24.3 Å². The van der Waals surface area contributed by atoms with Crippen molar-refractivity contribution in [3.8, 4) is 0 Å². The molecule has 3 N–H and O–H groups in total. The van der Waals surface area contributed by atoms with Gasteiger partial charge in [0.15, 0.2) is 0 Å². The second kappa shape index (κ2) is 3.87. The lowest BCUT2D eigenvalue weighted by Gasteiger charge is -2.19. The van der Waals surface area contributed by atoms with E-state index in [2.05, 4.69) is 16.0 Å². The van der Waals surface area contributed by atoms with Crippen LogP contribution in [0.15, 0.2) is 0 Å². The maximum atomic E-state index is 11.5. The number of esters is 1. The molecule has 2 fully saturated rings. The lowest BCUT2D eigenvalue weighted by molar-refractivity contribution is -0.144. The monoisotopic (exact) mass is 228 g/mol. The summed E-state index contributed by atoms with van der Waals surface area (Å²) in [6.45, 7) is 1.76. The molecular weight excluding hydrogens is 216 g/mol. The Morgan fingerprint density at radius 2 is 2.12 bits per heavy atom. The fourth-order valence-corrected chi connectivity index (χ4v) is 1.71. The predicted molar refractivity (Wildman–Crippen MR) is 51.1 cm³/mol. The summed E-state index contributed by atoms with van der Waals surface area (Å²) in [5, 5.41) is 7.56. The van der Waals surface area contributed by atoms with E-state index in [0.29, 0.717) is 0 Å². The Bertz CT molecular complexity index is 345. The Morgan fingerprint density at radius 3 is 2.81 bits per heavy atom. The highest BCUT2D eigenvalue weighted by Crippen LogP contribution is 2.13. The summed E-state index contributed by atoms with van der Waals surface area (Å²) in [6, 6.07) is -0.778. The number of amides is 4. The lowest BCUT2D eigenvalue weighted by Crippen LogP contribution is -2.46. The maximum absolute atomic E-state index is 11.5. The van der Waals surface area contributed by atoms with Crippen LogP contribution in [0.4, 0.5) is 9.59 Å². The van der Waals surface area contributed by atoms with Gasteiger partial charge < -0.3 is 20.7 Å². The number of nitrogens with one attached hydrogen (secondary N) is 3. The van der Waals surface area contributed by atoms with Crippen LogP contribution in [-0.4, -0.2) is 48.4 Å². The van der Waals surface area contributed by atoms with E-state index in [-0.39, 0.29) is 19.2 Å². The van der Waals surface area contributed by atoms with Gasteiger partial charge in [0.25, 0.3) is 0 Å². The molecule has 0 aromatic carbocycles. The van der Waals surface area contributed by atoms with Crippen LogP contribution in [0.1, 0.15) is 6.92 Å². The minimum Gasteiger partial charge on any atom is -0.465 e. The smallest absolute Gasteiger partial charge is 0.325 e. The standard InChI is InChI=1S/C8H12N4O4/c1-2-16-4(13)3-12-6-5(10-8(12)15)9-7(14)11-6/h5-6H,2-3H2,1H3,(H,10,15)(H2,9,11,14)/t5-,6+/m0/s1. The first-order valence-electron chi connectivity index (χ1n) is 4.91. The third kappa shape index (κ3) is 1.73. The SMILES string of the molecule is CCOC(=O)CN1C(=O)N[C@@H]2NC(=O)N[C@@H]21. The van der Waals surface area contributed by atoms with Crippen LogP contribution in [0.3, 0.4) is 0 Å². The normalized spacial score (nSPS) is 26.9. The number of carbonyl (C=O) groups excluding carboxylic acids is 3. The van der Waals surface area contributed by atoms with Crippen LogP contribution in [-0.2, 0) is 9.53 Å². The second-order valence-corrected chi connectivity index (χ2v) is 3.42. The van der Waals surface area contributed by atoms with Gasteiger partial charge in [-0.2, -0.15) is 0 Å². The Labute approximate surface area is 91.3 Å². The Kier molecular flexibility index (Phi) is 2.55. The molecule has 2 rings (SSSR count). The zero-order chi connectivity index (χ0) is 11.7. The average molecular weight is 228 g/mol. The summed E-state index contributed by atoms with van der Waals surface area (Å²) < 4.78 is 4.73. The molecule has 0 unspecified atom stereocenters. The topological polar surface area (TPSA) is 99.8 Å². The van der Waals surface area contributed by atoms with Crippen molar-refractivity contribution in [1.29, 1.82) is 0 Å². The van der Waals surface area contributed by atoms with Crippen LogP contribution in [0.2, 0.25) is 0 Å². The summed E-state index contributed by atoms with van der Waals surface area (Å²) in [7, 11) is 0. The van der Waals surface area contributed by atoms with E-state index in [4.69, 9.17) is 4.74 Å². The maximum Gasteiger partial charge on any atom is 0.325 e. The van der Waals surface area contributed by atoms with E-state index in [9.17, 15) is 14.4 Å². The van der Waals surface area contributed by atoms with Crippen LogP contribution < -0.4 is 16.0 Å². The largest absolute Gasteiger partial charge is 0.465 e. The van der Waals surface area contributed by atoms with Crippen molar-refractivity contribution in [2.24, 2.45) is 0 Å². The number of hydrogen-bond donors (Lipinski definition) is 3. The van der Waals surface area contributed by atoms with Gasteiger partial charge >= 0.3 is 18.0 Å². The minimum absolute atomic E-state index is 0.178. The van der Waals surface area contributed by atoms with Crippen molar-refractivity contribution in [2.45, 2.75) is 19.3 Å².